The molecule has 0 spiro atoms. The van der Waals surface area contributed by atoms with Gasteiger partial charge in [0.15, 0.2) is 0 Å². The van der Waals surface area contributed by atoms with Crippen LogP contribution in [-0.2, 0) is 9.59 Å². The summed E-state index contributed by atoms with van der Waals surface area (Å²) in [6.45, 7) is 3.14. The summed E-state index contributed by atoms with van der Waals surface area (Å²) in [6.07, 6.45) is 5.12. The van der Waals surface area contributed by atoms with Crippen molar-refractivity contribution < 1.29 is 9.59 Å². The number of amides is 2. The molecule has 0 aromatic carbocycles. The molecule has 0 bridgehead atoms. The monoisotopic (exact) mass is 305 g/mol. The number of carbonyl (C=O) groups is 2. The Balaban J connectivity index is 1.94. The molecule has 2 atom stereocenters. The standard InChI is InChI=1S/C15H23N5O2/c1-11(14(22)19(2)3)18-13(21)12-6-4-9-20(10-12)15-16-7-5-8-17-15/h5,7-8,11-12H,4,6,9-10H2,1-3H3,(H,18,21). The molecule has 1 aromatic heterocycles. The van der Waals surface area contributed by atoms with E-state index in [9.17, 15) is 9.59 Å². The largest absolute Gasteiger partial charge is 0.347 e. The van der Waals surface area contributed by atoms with E-state index in [-0.39, 0.29) is 17.7 Å². The number of carbonyl (C=O) groups excluding carboxylic acids is 2. The molecule has 0 radical (unpaired) electrons. The molecule has 2 rings (SSSR count). The fraction of sp³-hybridized carbons (Fsp3) is 0.600. The van der Waals surface area contributed by atoms with Gasteiger partial charge in [0.25, 0.3) is 0 Å². The van der Waals surface area contributed by atoms with Gasteiger partial charge in [-0.2, -0.15) is 0 Å². The van der Waals surface area contributed by atoms with E-state index in [0.717, 1.165) is 19.4 Å². The molecule has 2 unspecified atom stereocenters. The summed E-state index contributed by atoms with van der Waals surface area (Å²) in [5.74, 6) is 0.322. The topological polar surface area (TPSA) is 78.4 Å². The van der Waals surface area contributed by atoms with Crippen molar-refractivity contribution in [2.24, 2.45) is 5.92 Å². The lowest BCUT2D eigenvalue weighted by atomic mass is 9.97. The first-order chi connectivity index (χ1) is 10.5. The van der Waals surface area contributed by atoms with E-state index in [4.69, 9.17) is 0 Å². The minimum atomic E-state index is -0.508. The van der Waals surface area contributed by atoms with Gasteiger partial charge in [-0.25, -0.2) is 9.97 Å². The number of piperidine rings is 1. The highest BCUT2D eigenvalue weighted by Gasteiger charge is 2.29. The molecule has 7 heteroatoms. The van der Waals surface area contributed by atoms with E-state index in [1.165, 1.54) is 4.90 Å². The zero-order valence-electron chi connectivity index (χ0n) is 13.3. The molecule has 1 saturated heterocycles. The van der Waals surface area contributed by atoms with Crippen molar-refractivity contribution in [2.75, 3.05) is 32.1 Å². The lowest BCUT2D eigenvalue weighted by Crippen LogP contribution is -2.49. The van der Waals surface area contributed by atoms with Crippen molar-refractivity contribution in [3.63, 3.8) is 0 Å². The van der Waals surface area contributed by atoms with E-state index in [0.29, 0.717) is 12.5 Å². The summed E-state index contributed by atoms with van der Waals surface area (Å²) < 4.78 is 0. The lowest BCUT2D eigenvalue weighted by molar-refractivity contribution is -0.135. The third-order valence-electron chi connectivity index (χ3n) is 3.80. The van der Waals surface area contributed by atoms with Crippen LogP contribution < -0.4 is 10.2 Å². The van der Waals surface area contributed by atoms with Gasteiger partial charge < -0.3 is 15.1 Å². The number of nitrogens with one attached hydrogen (secondary N) is 1. The van der Waals surface area contributed by atoms with Gasteiger partial charge in [-0.05, 0) is 25.8 Å². The van der Waals surface area contributed by atoms with Crippen molar-refractivity contribution in [3.05, 3.63) is 18.5 Å². The molecule has 1 aliphatic heterocycles. The van der Waals surface area contributed by atoms with E-state index in [1.807, 2.05) is 4.90 Å². The Morgan fingerprint density at radius 1 is 1.36 bits per heavy atom. The Kier molecular flexibility index (Phi) is 5.30. The summed E-state index contributed by atoms with van der Waals surface area (Å²) in [4.78, 5) is 36.2. The zero-order chi connectivity index (χ0) is 16.1. The van der Waals surface area contributed by atoms with E-state index >= 15 is 0 Å². The van der Waals surface area contributed by atoms with Crippen LogP contribution in [0.3, 0.4) is 0 Å². The second kappa shape index (κ2) is 7.20. The maximum absolute atomic E-state index is 12.4. The number of hydrogen-bond donors (Lipinski definition) is 1. The van der Waals surface area contributed by atoms with Crippen LogP contribution in [0.25, 0.3) is 0 Å². The molecule has 7 nitrogen and oxygen atoms in total. The number of anilines is 1. The number of nitrogens with zero attached hydrogens (tertiary/aromatic N) is 4. The predicted molar refractivity (Wildman–Crippen MR) is 83.3 cm³/mol. The molecule has 2 heterocycles. The normalized spacial score (nSPS) is 19.4. The average molecular weight is 305 g/mol. The van der Waals surface area contributed by atoms with E-state index < -0.39 is 6.04 Å². The maximum atomic E-state index is 12.4. The highest BCUT2D eigenvalue weighted by molar-refractivity contribution is 5.88. The van der Waals surface area contributed by atoms with Crippen LogP contribution in [0.5, 0.6) is 0 Å². The summed E-state index contributed by atoms with van der Waals surface area (Å²) in [5.41, 5.74) is 0. The summed E-state index contributed by atoms with van der Waals surface area (Å²) in [5, 5.41) is 2.81. The first kappa shape index (κ1) is 16.2. The highest BCUT2D eigenvalue weighted by Crippen LogP contribution is 2.20. The SMILES string of the molecule is CC(NC(=O)C1CCCN(c2ncccn2)C1)C(=O)N(C)C. The van der Waals surface area contributed by atoms with Crippen LogP contribution in [0.15, 0.2) is 18.5 Å². The molecule has 2 amide bonds. The summed E-state index contributed by atoms with van der Waals surface area (Å²) in [7, 11) is 3.36. The van der Waals surface area contributed by atoms with Crippen molar-refractivity contribution in [2.45, 2.75) is 25.8 Å². The van der Waals surface area contributed by atoms with E-state index in [2.05, 4.69) is 15.3 Å². The zero-order valence-corrected chi connectivity index (χ0v) is 13.3. The van der Waals surface area contributed by atoms with Gasteiger partial charge in [-0.1, -0.05) is 0 Å². The third kappa shape index (κ3) is 3.93. The molecular formula is C15H23N5O2. The van der Waals surface area contributed by atoms with Crippen molar-refractivity contribution in [3.8, 4) is 0 Å². The second-order valence-corrected chi connectivity index (χ2v) is 5.80. The van der Waals surface area contributed by atoms with Crippen LogP contribution >= 0.6 is 0 Å². The second-order valence-electron chi connectivity index (χ2n) is 5.80. The van der Waals surface area contributed by atoms with Gasteiger partial charge in [0.2, 0.25) is 17.8 Å². The lowest BCUT2D eigenvalue weighted by Gasteiger charge is -2.32. The summed E-state index contributed by atoms with van der Waals surface area (Å²) >= 11 is 0. The smallest absolute Gasteiger partial charge is 0.244 e. The van der Waals surface area contributed by atoms with Crippen LogP contribution in [0.4, 0.5) is 5.95 Å². The van der Waals surface area contributed by atoms with Gasteiger partial charge in [-0.3, -0.25) is 9.59 Å². The minimum Gasteiger partial charge on any atom is -0.347 e. The number of hydrogen-bond acceptors (Lipinski definition) is 5. The fourth-order valence-electron chi connectivity index (χ4n) is 2.61. The number of aromatic nitrogens is 2. The van der Waals surface area contributed by atoms with Crippen LogP contribution in [0.1, 0.15) is 19.8 Å². The average Bonchev–Trinajstić information content (AvgIpc) is 2.54. The Labute approximate surface area is 130 Å². The fourth-order valence-corrected chi connectivity index (χ4v) is 2.61. The van der Waals surface area contributed by atoms with Crippen molar-refractivity contribution in [1.29, 1.82) is 0 Å². The highest BCUT2D eigenvalue weighted by atomic mass is 16.2. The van der Waals surface area contributed by atoms with Gasteiger partial charge in [-0.15, -0.1) is 0 Å². The van der Waals surface area contributed by atoms with Crippen molar-refractivity contribution >= 4 is 17.8 Å². The molecule has 1 aromatic rings. The molecule has 1 N–H and O–H groups in total. The first-order valence-electron chi connectivity index (χ1n) is 7.52. The van der Waals surface area contributed by atoms with Crippen LogP contribution in [-0.4, -0.2) is 59.9 Å². The predicted octanol–water partition coefficient (Wildman–Crippen LogP) is 0.286. The van der Waals surface area contributed by atoms with Gasteiger partial charge in [0.05, 0.1) is 5.92 Å². The van der Waals surface area contributed by atoms with Gasteiger partial charge in [0, 0.05) is 39.6 Å². The number of likely N-dealkylation sites (N-methyl/N-ethyl adjacent to an activating group) is 1. The molecule has 0 saturated carbocycles. The Morgan fingerprint density at radius 2 is 2.05 bits per heavy atom. The molecular weight excluding hydrogens is 282 g/mol. The summed E-state index contributed by atoms with van der Waals surface area (Å²) in [6, 6.07) is 1.26. The quantitative estimate of drug-likeness (QED) is 0.865. The third-order valence-corrected chi connectivity index (χ3v) is 3.80. The Bertz CT molecular complexity index is 520. The Morgan fingerprint density at radius 3 is 2.68 bits per heavy atom. The maximum Gasteiger partial charge on any atom is 0.244 e. The van der Waals surface area contributed by atoms with Crippen LogP contribution in [0, 0.1) is 5.92 Å². The molecule has 1 aliphatic rings. The van der Waals surface area contributed by atoms with E-state index in [1.54, 1.807) is 39.5 Å². The van der Waals surface area contributed by atoms with Crippen LogP contribution in [0.2, 0.25) is 0 Å². The van der Waals surface area contributed by atoms with Gasteiger partial charge >= 0.3 is 0 Å². The molecule has 1 fully saturated rings. The molecule has 120 valence electrons. The minimum absolute atomic E-state index is 0.0802. The van der Waals surface area contributed by atoms with Gasteiger partial charge in [0.1, 0.15) is 6.04 Å². The van der Waals surface area contributed by atoms with Crippen molar-refractivity contribution in [1.82, 2.24) is 20.2 Å². The number of rotatable bonds is 4. The Hall–Kier alpha value is -2.18. The first-order valence-corrected chi connectivity index (χ1v) is 7.52. The molecule has 0 aliphatic carbocycles. The molecule has 22 heavy (non-hydrogen) atoms.